The van der Waals surface area contributed by atoms with Gasteiger partial charge in [0.2, 0.25) is 0 Å². The Balaban J connectivity index is 2.41. The summed E-state index contributed by atoms with van der Waals surface area (Å²) in [6.07, 6.45) is 28.2. The standard InChI is InChI=1S/C43H82O12S/c1-3-5-7-9-11-13-15-17-18-19-20-21-23-25-27-29-31-33-51-35-37(53-39(45)32-30-28-26-24-22-16-14-12-10-8-6-4-2)36-52-43-41(47)42(55-56(48,49)50)40(46)38(34-44)54-43/h12,14,37-38,40-44,46-47H,3-11,13,15-36H2,1-2H3,(H,48,49,50)/b14-12-. The second-order valence-corrected chi connectivity index (χ2v) is 16.7. The summed E-state index contributed by atoms with van der Waals surface area (Å²) in [6, 6.07) is 0. The summed E-state index contributed by atoms with van der Waals surface area (Å²) in [5.74, 6) is -0.406. The number of esters is 1. The van der Waals surface area contributed by atoms with Crippen molar-refractivity contribution in [3.63, 3.8) is 0 Å². The predicted molar refractivity (Wildman–Crippen MR) is 221 cm³/mol. The molecule has 1 heterocycles. The van der Waals surface area contributed by atoms with Gasteiger partial charge in [0.05, 0.1) is 19.8 Å². The molecule has 6 atom stereocenters. The Morgan fingerprint density at radius 1 is 0.661 bits per heavy atom. The number of hydrogen-bond donors (Lipinski definition) is 4. The average molecular weight is 823 g/mol. The van der Waals surface area contributed by atoms with Gasteiger partial charge in [-0.05, 0) is 38.5 Å². The quantitative estimate of drug-likeness (QED) is 0.0200. The predicted octanol–water partition coefficient (Wildman–Crippen LogP) is 9.08. The highest BCUT2D eigenvalue weighted by molar-refractivity contribution is 7.80. The highest BCUT2D eigenvalue weighted by Crippen LogP contribution is 2.26. The molecule has 1 rings (SSSR count). The van der Waals surface area contributed by atoms with Crippen molar-refractivity contribution in [2.45, 2.75) is 230 Å². The van der Waals surface area contributed by atoms with E-state index in [0.717, 1.165) is 57.8 Å². The maximum absolute atomic E-state index is 12.8. The molecule has 0 aliphatic carbocycles. The van der Waals surface area contributed by atoms with Gasteiger partial charge in [-0.2, -0.15) is 8.42 Å². The summed E-state index contributed by atoms with van der Waals surface area (Å²) in [4.78, 5) is 12.8. The van der Waals surface area contributed by atoms with Crippen LogP contribution in [0.2, 0.25) is 0 Å². The summed E-state index contributed by atoms with van der Waals surface area (Å²) in [6.45, 7) is 3.97. The summed E-state index contributed by atoms with van der Waals surface area (Å²) >= 11 is 0. The number of aliphatic hydroxyl groups is 3. The number of hydrogen-bond acceptors (Lipinski definition) is 11. The molecule has 0 aromatic carbocycles. The van der Waals surface area contributed by atoms with Gasteiger partial charge in [-0.3, -0.25) is 9.35 Å². The topological polar surface area (TPSA) is 178 Å². The van der Waals surface area contributed by atoms with Gasteiger partial charge in [0.15, 0.2) is 6.29 Å². The van der Waals surface area contributed by atoms with Crippen LogP contribution < -0.4 is 0 Å². The molecule has 4 N–H and O–H groups in total. The Morgan fingerprint density at radius 2 is 1.12 bits per heavy atom. The van der Waals surface area contributed by atoms with Crippen molar-refractivity contribution in [2.75, 3.05) is 26.4 Å². The molecule has 1 aliphatic rings. The van der Waals surface area contributed by atoms with E-state index in [1.54, 1.807) is 0 Å². The van der Waals surface area contributed by atoms with Gasteiger partial charge in [-0.1, -0.05) is 161 Å². The van der Waals surface area contributed by atoms with Gasteiger partial charge in [0.25, 0.3) is 0 Å². The van der Waals surface area contributed by atoms with Gasteiger partial charge in [-0.15, -0.1) is 0 Å². The SMILES string of the molecule is CCCCC/C=C\CCCCCCCC(=O)OC(COCCCCCCCCCCCCCCCCCCC)COC1OC(CO)C(O)C(OS(=O)(=O)O)C1O. The van der Waals surface area contributed by atoms with E-state index in [1.165, 1.54) is 109 Å². The van der Waals surface area contributed by atoms with Gasteiger partial charge in [-0.25, -0.2) is 4.18 Å². The van der Waals surface area contributed by atoms with Gasteiger partial charge >= 0.3 is 16.4 Å². The van der Waals surface area contributed by atoms with E-state index in [9.17, 15) is 28.5 Å². The minimum atomic E-state index is -5.06. The number of ether oxygens (including phenoxy) is 4. The van der Waals surface area contributed by atoms with Gasteiger partial charge in [0, 0.05) is 13.0 Å². The number of allylic oxidation sites excluding steroid dienone is 2. The van der Waals surface area contributed by atoms with Crippen LogP contribution in [0.5, 0.6) is 0 Å². The Kier molecular flexibility index (Phi) is 33.7. The van der Waals surface area contributed by atoms with E-state index >= 15 is 0 Å². The molecule has 0 saturated carbocycles. The van der Waals surface area contributed by atoms with Crippen LogP contribution in [0, 0.1) is 0 Å². The van der Waals surface area contributed by atoms with Crippen LogP contribution in [0.3, 0.4) is 0 Å². The zero-order valence-corrected chi connectivity index (χ0v) is 36.0. The number of aliphatic hydroxyl groups excluding tert-OH is 3. The van der Waals surface area contributed by atoms with Crippen LogP contribution in [-0.2, 0) is 38.3 Å². The Hall–Kier alpha value is -1.16. The second-order valence-electron chi connectivity index (χ2n) is 15.6. The number of carbonyl (C=O) groups is 1. The van der Waals surface area contributed by atoms with Crippen molar-refractivity contribution in [1.82, 2.24) is 0 Å². The first kappa shape index (κ1) is 52.9. The van der Waals surface area contributed by atoms with Crippen molar-refractivity contribution < 1.29 is 56.2 Å². The molecule has 0 aromatic rings. The fourth-order valence-corrected chi connectivity index (χ4v) is 7.47. The third kappa shape index (κ3) is 29.1. The molecule has 13 heteroatoms. The molecule has 12 nitrogen and oxygen atoms in total. The Labute approximate surface area is 340 Å². The van der Waals surface area contributed by atoms with Gasteiger partial charge in [0.1, 0.15) is 30.5 Å². The fourth-order valence-electron chi connectivity index (χ4n) is 6.96. The average Bonchev–Trinajstić information content (AvgIpc) is 3.17. The fraction of sp³-hybridized carbons (Fsp3) is 0.930. The minimum absolute atomic E-state index is 0.0381. The molecular weight excluding hydrogens is 741 g/mol. The van der Waals surface area contributed by atoms with Crippen LogP contribution in [0.4, 0.5) is 0 Å². The van der Waals surface area contributed by atoms with E-state index in [2.05, 4.69) is 30.2 Å². The smallest absolute Gasteiger partial charge is 0.397 e. The maximum atomic E-state index is 12.8. The van der Waals surface area contributed by atoms with E-state index in [-0.39, 0.29) is 19.6 Å². The summed E-state index contributed by atoms with van der Waals surface area (Å²) in [5, 5.41) is 30.6. The summed E-state index contributed by atoms with van der Waals surface area (Å²) in [5.41, 5.74) is 0. The lowest BCUT2D eigenvalue weighted by molar-refractivity contribution is -0.301. The molecule has 56 heavy (non-hydrogen) atoms. The Morgan fingerprint density at radius 3 is 1.64 bits per heavy atom. The number of carbonyl (C=O) groups excluding carboxylic acids is 1. The van der Waals surface area contributed by atoms with E-state index in [0.29, 0.717) is 13.0 Å². The number of rotatable bonds is 39. The van der Waals surface area contributed by atoms with Crippen molar-refractivity contribution in [1.29, 1.82) is 0 Å². The van der Waals surface area contributed by atoms with E-state index < -0.39 is 59.8 Å². The molecular formula is C43H82O12S. The lowest BCUT2D eigenvalue weighted by Gasteiger charge is -2.41. The first-order valence-corrected chi connectivity index (χ1v) is 23.8. The van der Waals surface area contributed by atoms with Gasteiger partial charge < -0.3 is 34.3 Å². The molecule has 1 aliphatic heterocycles. The first-order chi connectivity index (χ1) is 27.1. The molecule has 6 unspecified atom stereocenters. The molecule has 0 amide bonds. The molecule has 0 bridgehead atoms. The number of unbranched alkanes of at least 4 members (excludes halogenated alkanes) is 24. The largest absolute Gasteiger partial charge is 0.457 e. The van der Waals surface area contributed by atoms with Crippen LogP contribution in [0.15, 0.2) is 12.2 Å². The summed E-state index contributed by atoms with van der Waals surface area (Å²) in [7, 11) is -5.06. The van der Waals surface area contributed by atoms with Crippen molar-refractivity contribution >= 4 is 16.4 Å². The van der Waals surface area contributed by atoms with Crippen LogP contribution in [0.25, 0.3) is 0 Å². The van der Waals surface area contributed by atoms with E-state index in [1.807, 2.05) is 0 Å². The van der Waals surface area contributed by atoms with Crippen molar-refractivity contribution in [3.8, 4) is 0 Å². The lowest BCUT2D eigenvalue weighted by Crippen LogP contribution is -2.60. The highest BCUT2D eigenvalue weighted by Gasteiger charge is 2.48. The highest BCUT2D eigenvalue weighted by atomic mass is 32.3. The molecule has 1 fully saturated rings. The molecule has 0 aromatic heterocycles. The molecule has 1 saturated heterocycles. The zero-order chi connectivity index (χ0) is 41.1. The molecule has 0 radical (unpaired) electrons. The third-order valence-corrected chi connectivity index (χ3v) is 10.9. The summed E-state index contributed by atoms with van der Waals surface area (Å²) < 4.78 is 59.0. The molecule has 332 valence electrons. The van der Waals surface area contributed by atoms with Crippen LogP contribution in [-0.4, -0.2) is 97.5 Å². The molecule has 0 spiro atoms. The normalized spacial score (nSPS) is 20.9. The van der Waals surface area contributed by atoms with Crippen LogP contribution in [0.1, 0.15) is 194 Å². The van der Waals surface area contributed by atoms with Crippen LogP contribution >= 0.6 is 0 Å². The Bertz CT molecular complexity index is 1040. The first-order valence-electron chi connectivity index (χ1n) is 22.4. The lowest BCUT2D eigenvalue weighted by atomic mass is 9.99. The maximum Gasteiger partial charge on any atom is 0.397 e. The van der Waals surface area contributed by atoms with E-state index in [4.69, 9.17) is 23.5 Å². The third-order valence-electron chi connectivity index (χ3n) is 10.4. The minimum Gasteiger partial charge on any atom is -0.457 e. The second kappa shape index (κ2) is 35.8. The zero-order valence-electron chi connectivity index (χ0n) is 35.2. The van der Waals surface area contributed by atoms with Crippen molar-refractivity contribution in [2.24, 2.45) is 0 Å². The van der Waals surface area contributed by atoms with Crippen molar-refractivity contribution in [3.05, 3.63) is 12.2 Å². The monoisotopic (exact) mass is 823 g/mol.